The number of halogens is 5. The second-order valence-electron chi connectivity index (χ2n) is 6.39. The molecule has 11 heteroatoms. The van der Waals surface area contributed by atoms with Crippen molar-refractivity contribution in [3.05, 3.63) is 64.7 Å². The highest BCUT2D eigenvalue weighted by Crippen LogP contribution is 2.35. The lowest BCUT2D eigenvalue weighted by Crippen LogP contribution is -2.31. The summed E-state index contributed by atoms with van der Waals surface area (Å²) in [5.41, 5.74) is 3.66. The smallest absolute Gasteiger partial charge is 0.475 e. The van der Waals surface area contributed by atoms with E-state index < -0.39 is 12.1 Å². The van der Waals surface area contributed by atoms with Crippen molar-refractivity contribution in [3.63, 3.8) is 0 Å². The Labute approximate surface area is 177 Å². The molecule has 1 aromatic carbocycles. The third kappa shape index (κ3) is 4.85. The topological polar surface area (TPSA) is 95.1 Å². The molecule has 3 aromatic rings. The van der Waals surface area contributed by atoms with E-state index in [4.69, 9.17) is 21.5 Å². The normalized spacial score (nSPS) is 13.0. The predicted octanol–water partition coefficient (Wildman–Crippen LogP) is 4.46. The number of rotatable bonds is 2. The number of pyridine rings is 1. The molecule has 1 aliphatic rings. The second-order valence-corrected chi connectivity index (χ2v) is 6.76. The standard InChI is InChI=1S/C18H13ClFN3O.C2HF3O2/c19-16-15-13(6-8-22-18(15)24)23-17(16)10-5-7-21-14(9-10)11-3-1-2-4-12(11)20;3-2(4,5)1(6)7/h1-5,7,9,23H,6,8H2,(H,22,24);(H,6,7). The lowest BCUT2D eigenvalue weighted by Gasteiger charge is -2.11. The fourth-order valence-corrected chi connectivity index (χ4v) is 3.30. The molecule has 0 fully saturated rings. The van der Waals surface area contributed by atoms with Crippen LogP contribution in [0.3, 0.4) is 0 Å². The van der Waals surface area contributed by atoms with Gasteiger partial charge in [-0.15, -0.1) is 0 Å². The number of carboxylic acid groups (broad SMARTS) is 1. The Kier molecular flexibility index (Phi) is 6.30. The number of fused-ring (bicyclic) bond motifs is 1. The minimum absolute atomic E-state index is 0.174. The summed E-state index contributed by atoms with van der Waals surface area (Å²) in [4.78, 5) is 28.4. The Hall–Kier alpha value is -3.40. The molecule has 31 heavy (non-hydrogen) atoms. The maximum atomic E-state index is 14.0. The Bertz CT molecular complexity index is 1140. The fourth-order valence-electron chi connectivity index (χ4n) is 2.94. The van der Waals surface area contributed by atoms with Gasteiger partial charge in [0.05, 0.1) is 22.0 Å². The van der Waals surface area contributed by atoms with Gasteiger partial charge in [0.2, 0.25) is 0 Å². The van der Waals surface area contributed by atoms with Crippen LogP contribution in [0.2, 0.25) is 5.02 Å². The highest BCUT2D eigenvalue weighted by Gasteiger charge is 2.38. The van der Waals surface area contributed by atoms with Crippen LogP contribution in [0, 0.1) is 5.82 Å². The summed E-state index contributed by atoms with van der Waals surface area (Å²) in [6, 6.07) is 10.0. The summed E-state index contributed by atoms with van der Waals surface area (Å²) in [5.74, 6) is -3.27. The third-order valence-corrected chi connectivity index (χ3v) is 4.72. The molecule has 0 spiro atoms. The van der Waals surface area contributed by atoms with Gasteiger partial charge in [-0.3, -0.25) is 9.78 Å². The van der Waals surface area contributed by atoms with Crippen molar-refractivity contribution in [1.29, 1.82) is 0 Å². The van der Waals surface area contributed by atoms with Gasteiger partial charge in [0.15, 0.2) is 0 Å². The molecule has 1 amide bonds. The summed E-state index contributed by atoms with van der Waals surface area (Å²) in [6.45, 7) is 0.582. The molecular formula is C20H14ClF4N3O3. The van der Waals surface area contributed by atoms with E-state index in [9.17, 15) is 22.4 Å². The highest BCUT2D eigenvalue weighted by molar-refractivity contribution is 6.36. The Morgan fingerprint density at radius 1 is 1.19 bits per heavy atom. The molecule has 3 heterocycles. The zero-order valence-corrected chi connectivity index (χ0v) is 16.3. The van der Waals surface area contributed by atoms with Crippen LogP contribution < -0.4 is 5.32 Å². The number of hydrogen-bond donors (Lipinski definition) is 3. The minimum Gasteiger partial charge on any atom is -0.475 e. The van der Waals surface area contributed by atoms with Crippen molar-refractivity contribution < 1.29 is 32.3 Å². The first kappa shape index (κ1) is 22.3. The number of carbonyl (C=O) groups excluding carboxylic acids is 1. The van der Waals surface area contributed by atoms with E-state index in [-0.39, 0.29) is 11.7 Å². The number of H-pyrrole nitrogens is 1. The number of aromatic nitrogens is 2. The maximum absolute atomic E-state index is 14.0. The number of nitrogens with zero attached hydrogens (tertiary/aromatic N) is 1. The molecule has 4 rings (SSSR count). The number of carbonyl (C=O) groups is 2. The molecule has 2 aromatic heterocycles. The third-order valence-electron chi connectivity index (χ3n) is 4.35. The number of aliphatic carboxylic acids is 1. The molecule has 1 aliphatic heterocycles. The molecule has 0 saturated heterocycles. The second kappa shape index (κ2) is 8.76. The van der Waals surface area contributed by atoms with Crippen molar-refractivity contribution in [2.75, 3.05) is 6.54 Å². The van der Waals surface area contributed by atoms with Crippen LogP contribution >= 0.6 is 11.6 Å². The Morgan fingerprint density at radius 3 is 2.48 bits per heavy atom. The number of benzene rings is 1. The summed E-state index contributed by atoms with van der Waals surface area (Å²) in [7, 11) is 0. The van der Waals surface area contributed by atoms with Gasteiger partial charge in [-0.2, -0.15) is 13.2 Å². The summed E-state index contributed by atoms with van der Waals surface area (Å²) in [5, 5.41) is 10.3. The molecule has 3 N–H and O–H groups in total. The molecule has 0 atom stereocenters. The lowest BCUT2D eigenvalue weighted by molar-refractivity contribution is -0.192. The lowest BCUT2D eigenvalue weighted by atomic mass is 10.1. The van der Waals surface area contributed by atoms with Gasteiger partial charge >= 0.3 is 12.1 Å². The van der Waals surface area contributed by atoms with Gasteiger partial charge in [-0.25, -0.2) is 9.18 Å². The largest absolute Gasteiger partial charge is 0.490 e. The van der Waals surface area contributed by atoms with Crippen molar-refractivity contribution in [1.82, 2.24) is 15.3 Å². The van der Waals surface area contributed by atoms with Crippen LogP contribution in [0.4, 0.5) is 17.6 Å². The van der Waals surface area contributed by atoms with E-state index in [1.54, 1.807) is 36.5 Å². The van der Waals surface area contributed by atoms with Crippen LogP contribution in [0.5, 0.6) is 0 Å². The average Bonchev–Trinajstić information content (AvgIpc) is 3.06. The maximum Gasteiger partial charge on any atom is 0.490 e. The predicted molar refractivity (Wildman–Crippen MR) is 104 cm³/mol. The van der Waals surface area contributed by atoms with Crippen molar-refractivity contribution in [2.24, 2.45) is 0 Å². The van der Waals surface area contributed by atoms with E-state index in [1.165, 1.54) is 6.07 Å². The number of aromatic amines is 1. The number of alkyl halides is 3. The highest BCUT2D eigenvalue weighted by atomic mass is 35.5. The summed E-state index contributed by atoms with van der Waals surface area (Å²) >= 11 is 6.41. The molecule has 0 unspecified atom stereocenters. The van der Waals surface area contributed by atoms with Gasteiger partial charge in [-0.1, -0.05) is 23.7 Å². The molecule has 0 aliphatic carbocycles. The van der Waals surface area contributed by atoms with Crippen molar-refractivity contribution in [2.45, 2.75) is 12.6 Å². The van der Waals surface area contributed by atoms with Gasteiger partial charge in [-0.05, 0) is 24.3 Å². The monoisotopic (exact) mass is 455 g/mol. The van der Waals surface area contributed by atoms with Gasteiger partial charge in [0.25, 0.3) is 5.91 Å². The molecule has 0 bridgehead atoms. The molecule has 0 radical (unpaired) electrons. The van der Waals surface area contributed by atoms with Crippen molar-refractivity contribution >= 4 is 23.5 Å². The van der Waals surface area contributed by atoms with Crippen LogP contribution in [0.25, 0.3) is 22.5 Å². The average molecular weight is 456 g/mol. The molecular weight excluding hydrogens is 442 g/mol. The molecule has 0 saturated carbocycles. The van der Waals surface area contributed by atoms with Crippen LogP contribution in [-0.2, 0) is 11.2 Å². The number of hydrogen-bond acceptors (Lipinski definition) is 3. The van der Waals surface area contributed by atoms with E-state index >= 15 is 0 Å². The minimum atomic E-state index is -5.08. The van der Waals surface area contributed by atoms with E-state index in [0.29, 0.717) is 40.5 Å². The zero-order chi connectivity index (χ0) is 22.8. The summed E-state index contributed by atoms with van der Waals surface area (Å²) < 4.78 is 45.7. The summed E-state index contributed by atoms with van der Waals surface area (Å²) in [6.07, 6.45) is -2.78. The first-order valence-electron chi connectivity index (χ1n) is 8.79. The molecule has 6 nitrogen and oxygen atoms in total. The zero-order valence-electron chi connectivity index (χ0n) is 15.6. The quantitative estimate of drug-likeness (QED) is 0.497. The van der Waals surface area contributed by atoms with Gasteiger partial charge < -0.3 is 15.4 Å². The van der Waals surface area contributed by atoms with E-state index in [1.807, 2.05) is 0 Å². The first-order chi connectivity index (χ1) is 14.6. The van der Waals surface area contributed by atoms with E-state index in [2.05, 4.69) is 15.3 Å². The molecule has 162 valence electrons. The van der Waals surface area contributed by atoms with Gasteiger partial charge in [0, 0.05) is 36.0 Å². The van der Waals surface area contributed by atoms with Crippen LogP contribution in [0.15, 0.2) is 42.6 Å². The number of amides is 1. The van der Waals surface area contributed by atoms with Gasteiger partial charge in [0.1, 0.15) is 5.82 Å². The Morgan fingerprint density at radius 2 is 1.87 bits per heavy atom. The first-order valence-corrected chi connectivity index (χ1v) is 9.17. The van der Waals surface area contributed by atoms with Crippen LogP contribution in [0.1, 0.15) is 16.1 Å². The Balaban J connectivity index is 0.000000339. The SMILES string of the molecule is O=C(O)C(F)(F)F.O=C1NCCc2[nH]c(-c3ccnc(-c4ccccc4F)c3)c(Cl)c21. The fraction of sp³-hybridized carbons (Fsp3) is 0.150. The number of nitrogens with one attached hydrogen (secondary N) is 2. The number of carboxylic acids is 1. The van der Waals surface area contributed by atoms with Crippen molar-refractivity contribution in [3.8, 4) is 22.5 Å². The van der Waals surface area contributed by atoms with E-state index in [0.717, 1.165) is 11.3 Å². The van der Waals surface area contributed by atoms with Crippen LogP contribution in [-0.4, -0.2) is 39.7 Å².